The molecule has 2 bridgehead atoms. The zero-order valence-electron chi connectivity index (χ0n) is 23.4. The number of urea groups is 1. The highest BCUT2D eigenvalue weighted by Crippen LogP contribution is 2.47. The van der Waals surface area contributed by atoms with Crippen molar-refractivity contribution in [1.82, 2.24) is 10.1 Å². The van der Waals surface area contributed by atoms with Crippen LogP contribution in [0.15, 0.2) is 40.9 Å². The predicted molar refractivity (Wildman–Crippen MR) is 159 cm³/mol. The van der Waals surface area contributed by atoms with Gasteiger partial charge in [-0.25, -0.2) is 9.59 Å². The molecule has 2 aliphatic heterocycles. The van der Waals surface area contributed by atoms with Crippen molar-refractivity contribution >= 4 is 40.9 Å². The Morgan fingerprint density at radius 1 is 1.00 bits per heavy atom. The van der Waals surface area contributed by atoms with Crippen molar-refractivity contribution in [2.75, 3.05) is 12.4 Å². The van der Waals surface area contributed by atoms with E-state index in [2.05, 4.69) is 10.5 Å². The van der Waals surface area contributed by atoms with E-state index in [0.29, 0.717) is 45.3 Å². The van der Waals surface area contributed by atoms with E-state index in [1.54, 1.807) is 18.2 Å². The molecule has 0 radical (unpaired) electrons. The Bertz CT molecular complexity index is 1500. The molecule has 42 heavy (non-hydrogen) atoms. The minimum absolute atomic E-state index is 0.0180. The van der Waals surface area contributed by atoms with Gasteiger partial charge in [0.2, 0.25) is 0 Å². The van der Waals surface area contributed by atoms with Crippen LogP contribution in [0, 0.1) is 0 Å². The smallest absolute Gasteiger partial charge is 0.337 e. The molecule has 1 aromatic heterocycles. The fourth-order valence-corrected chi connectivity index (χ4v) is 7.25. The molecule has 3 heterocycles. The summed E-state index contributed by atoms with van der Waals surface area (Å²) < 4.78 is 17.2. The summed E-state index contributed by atoms with van der Waals surface area (Å²) in [6.07, 6.45) is 7.73. The van der Waals surface area contributed by atoms with Gasteiger partial charge in [0.1, 0.15) is 11.5 Å². The molecule has 220 valence electrons. The molecule has 2 saturated carbocycles. The molecule has 10 heteroatoms. The van der Waals surface area contributed by atoms with Gasteiger partial charge in [-0.1, -0.05) is 34.4 Å². The number of carbonyl (C=O) groups is 2. The van der Waals surface area contributed by atoms with E-state index in [1.807, 2.05) is 23.1 Å². The van der Waals surface area contributed by atoms with E-state index in [9.17, 15) is 9.59 Å². The van der Waals surface area contributed by atoms with Gasteiger partial charge in [-0.05, 0) is 93.2 Å². The largest absolute Gasteiger partial charge is 0.465 e. The van der Waals surface area contributed by atoms with Crippen molar-refractivity contribution in [3.05, 3.63) is 68.9 Å². The van der Waals surface area contributed by atoms with Gasteiger partial charge in [0, 0.05) is 34.8 Å². The molecule has 8 nitrogen and oxygen atoms in total. The Balaban J connectivity index is 1.04. The zero-order valence-corrected chi connectivity index (χ0v) is 24.9. The third kappa shape index (κ3) is 5.29. The fourth-order valence-electron chi connectivity index (χ4n) is 6.68. The van der Waals surface area contributed by atoms with Crippen LogP contribution in [0.3, 0.4) is 0 Å². The monoisotopic (exact) mass is 609 g/mol. The summed E-state index contributed by atoms with van der Waals surface area (Å²) in [5.41, 5.74) is 4.53. The van der Waals surface area contributed by atoms with E-state index in [0.717, 1.165) is 73.9 Å². The number of halogens is 2. The molecule has 2 amide bonds. The molecule has 7 rings (SSSR count). The Kier molecular flexibility index (Phi) is 7.41. The second-order valence-corrected chi connectivity index (χ2v) is 12.8. The highest BCUT2D eigenvalue weighted by molar-refractivity contribution is 6.39. The third-order valence-electron chi connectivity index (χ3n) is 9.09. The van der Waals surface area contributed by atoms with Gasteiger partial charge < -0.3 is 24.2 Å². The number of methoxy groups -OCH3 is 1. The van der Waals surface area contributed by atoms with Crippen LogP contribution in [0.25, 0.3) is 11.3 Å². The first-order valence-electron chi connectivity index (χ1n) is 14.8. The van der Waals surface area contributed by atoms with Crippen LogP contribution in [-0.4, -0.2) is 47.4 Å². The number of amides is 2. The number of nitrogens with one attached hydrogen (secondary N) is 1. The second-order valence-electron chi connectivity index (χ2n) is 11.9. The Morgan fingerprint density at radius 2 is 1.69 bits per heavy atom. The maximum atomic E-state index is 13.6. The quantitative estimate of drug-likeness (QED) is 0.260. The van der Waals surface area contributed by atoms with Gasteiger partial charge in [-0.15, -0.1) is 0 Å². The van der Waals surface area contributed by atoms with E-state index in [4.69, 9.17) is 37.2 Å². The van der Waals surface area contributed by atoms with Crippen molar-refractivity contribution in [2.45, 2.75) is 88.0 Å². The lowest BCUT2D eigenvalue weighted by atomic mass is 9.99. The van der Waals surface area contributed by atoms with Crippen molar-refractivity contribution < 1.29 is 23.6 Å². The van der Waals surface area contributed by atoms with Crippen LogP contribution < -0.4 is 5.32 Å². The Hall–Kier alpha value is -3.07. The molecule has 4 aliphatic rings. The molecule has 3 aromatic rings. The van der Waals surface area contributed by atoms with Crippen LogP contribution in [0.4, 0.5) is 10.5 Å². The van der Waals surface area contributed by atoms with Crippen LogP contribution in [-0.2, 0) is 16.1 Å². The van der Waals surface area contributed by atoms with Gasteiger partial charge in [0.05, 0.1) is 35.4 Å². The number of anilines is 1. The number of piperidine rings is 1. The lowest BCUT2D eigenvalue weighted by molar-refractivity contribution is -0.0158. The summed E-state index contributed by atoms with van der Waals surface area (Å²) in [4.78, 5) is 27.7. The third-order valence-corrected chi connectivity index (χ3v) is 9.72. The van der Waals surface area contributed by atoms with Crippen LogP contribution in [0.5, 0.6) is 0 Å². The number of hydrogen-bond acceptors (Lipinski definition) is 6. The molecule has 2 saturated heterocycles. The topological polar surface area (TPSA) is 93.9 Å². The summed E-state index contributed by atoms with van der Waals surface area (Å²) in [5.74, 6) is 1.22. The summed E-state index contributed by atoms with van der Waals surface area (Å²) in [7, 11) is 1.38. The molecule has 2 aromatic carbocycles. The summed E-state index contributed by atoms with van der Waals surface area (Å²) in [5, 5.41) is 8.61. The average Bonchev–Trinajstić information content (AvgIpc) is 3.92. The van der Waals surface area contributed by atoms with E-state index < -0.39 is 0 Å². The minimum Gasteiger partial charge on any atom is -0.465 e. The number of aromatic nitrogens is 1. The predicted octanol–water partition coefficient (Wildman–Crippen LogP) is 7.93. The number of esters is 1. The van der Waals surface area contributed by atoms with Gasteiger partial charge in [-0.2, -0.15) is 0 Å². The van der Waals surface area contributed by atoms with E-state index in [-0.39, 0.29) is 30.2 Å². The zero-order chi connectivity index (χ0) is 29.0. The standard InChI is InChI=1S/C32H33Cl2N3O5/c1-40-31(38)19-9-12-27(23(13-19)17-5-6-17)35-32(39)37-20-10-11-21(37)15-22(14-20)41-16-24-29(36-42-30(24)18-7-8-18)28-25(33)3-2-4-26(28)34/h2-4,9,12-13,17-18,20-22H,5-8,10-11,14-16H2,1H3,(H,35,39). The van der Waals surface area contributed by atoms with Gasteiger partial charge in [0.25, 0.3) is 0 Å². The molecular weight excluding hydrogens is 577 g/mol. The summed E-state index contributed by atoms with van der Waals surface area (Å²) in [6.45, 7) is 0.361. The highest BCUT2D eigenvalue weighted by atomic mass is 35.5. The van der Waals surface area contributed by atoms with Crippen molar-refractivity contribution in [3.63, 3.8) is 0 Å². The molecule has 2 unspecified atom stereocenters. The maximum Gasteiger partial charge on any atom is 0.337 e. The van der Waals surface area contributed by atoms with E-state index in [1.165, 1.54) is 7.11 Å². The first-order chi connectivity index (χ1) is 20.4. The Morgan fingerprint density at radius 3 is 2.33 bits per heavy atom. The average molecular weight is 611 g/mol. The molecular formula is C32H33Cl2N3O5. The number of hydrogen-bond donors (Lipinski definition) is 1. The number of fused-ring (bicyclic) bond motifs is 2. The molecule has 0 spiro atoms. The number of carbonyl (C=O) groups excluding carboxylic acids is 2. The number of ether oxygens (including phenoxy) is 2. The molecule has 4 fully saturated rings. The second kappa shape index (κ2) is 11.2. The number of rotatable bonds is 8. The minimum atomic E-state index is -0.368. The fraction of sp³-hybridized carbons (Fsp3) is 0.469. The van der Waals surface area contributed by atoms with Crippen molar-refractivity contribution in [1.29, 1.82) is 0 Å². The van der Waals surface area contributed by atoms with Gasteiger partial charge >= 0.3 is 12.0 Å². The van der Waals surface area contributed by atoms with E-state index >= 15 is 0 Å². The SMILES string of the molecule is COC(=O)c1ccc(NC(=O)N2C3CCC2CC(OCc2c(-c4c(Cl)cccc4Cl)noc2C2CC2)C3)c(C2CC2)c1. The lowest BCUT2D eigenvalue weighted by Gasteiger charge is -2.38. The highest BCUT2D eigenvalue weighted by Gasteiger charge is 2.44. The van der Waals surface area contributed by atoms with Crippen LogP contribution in [0.1, 0.15) is 90.4 Å². The lowest BCUT2D eigenvalue weighted by Crippen LogP contribution is -2.50. The van der Waals surface area contributed by atoms with Crippen molar-refractivity contribution in [2.24, 2.45) is 0 Å². The van der Waals surface area contributed by atoms with Crippen LogP contribution in [0.2, 0.25) is 10.0 Å². The maximum absolute atomic E-state index is 13.6. The Labute approximate surface area is 254 Å². The van der Waals surface area contributed by atoms with Gasteiger partial charge in [-0.3, -0.25) is 0 Å². The molecule has 2 aliphatic carbocycles. The first kappa shape index (κ1) is 27.7. The number of benzene rings is 2. The van der Waals surface area contributed by atoms with Gasteiger partial charge in [0.15, 0.2) is 0 Å². The summed E-state index contributed by atoms with van der Waals surface area (Å²) in [6, 6.07) is 11.0. The first-order valence-corrected chi connectivity index (χ1v) is 15.5. The van der Waals surface area contributed by atoms with Crippen molar-refractivity contribution in [3.8, 4) is 11.3 Å². The normalized spacial score (nSPS) is 23.2. The van der Waals surface area contributed by atoms with Crippen LogP contribution >= 0.6 is 23.2 Å². The number of nitrogens with zero attached hydrogens (tertiary/aromatic N) is 2. The molecule has 1 N–H and O–H groups in total. The molecule has 2 atom stereocenters. The summed E-state index contributed by atoms with van der Waals surface area (Å²) >= 11 is 13.1.